The van der Waals surface area contributed by atoms with Gasteiger partial charge in [0.15, 0.2) is 0 Å². The van der Waals surface area contributed by atoms with E-state index in [0.29, 0.717) is 11.5 Å². The highest BCUT2D eigenvalue weighted by molar-refractivity contribution is 5.35. The summed E-state index contributed by atoms with van der Waals surface area (Å²) in [6.07, 6.45) is 1.69. The molecule has 3 heteroatoms. The first kappa shape index (κ1) is 20.1. The number of pyridine rings is 1. The molecule has 0 atom stereocenters. The second-order valence-electron chi connectivity index (χ2n) is 4.82. The van der Waals surface area contributed by atoms with E-state index in [4.69, 9.17) is 4.74 Å². The number of rotatable bonds is 3. The second-order valence-corrected chi connectivity index (χ2v) is 4.82. The number of benzene rings is 1. The highest BCUT2D eigenvalue weighted by Gasteiger charge is 2.16. The van der Waals surface area contributed by atoms with Gasteiger partial charge in [-0.2, -0.15) is 0 Å². The van der Waals surface area contributed by atoms with E-state index in [0.717, 1.165) is 11.3 Å². The Hall–Kier alpha value is -1.87. The van der Waals surface area contributed by atoms with Crippen LogP contribution in [0.1, 0.15) is 52.8 Å². The molecule has 1 aromatic heterocycles. The standard InChI is InChI=1S/C15H17NO2.2C2H6/c1-11-7-8-14(10-16-11)18-13-6-4-5-12(9-13)15(2,3)17;2*1-2/h4-10,17H,1-3H3;2*1-2H3. The van der Waals surface area contributed by atoms with E-state index in [1.807, 2.05) is 71.0 Å². The van der Waals surface area contributed by atoms with Crippen molar-refractivity contribution < 1.29 is 9.84 Å². The summed E-state index contributed by atoms with van der Waals surface area (Å²) in [5.74, 6) is 1.38. The van der Waals surface area contributed by atoms with Crippen LogP contribution in [0.15, 0.2) is 42.6 Å². The zero-order valence-corrected chi connectivity index (χ0v) is 14.8. The van der Waals surface area contributed by atoms with Gasteiger partial charge in [0, 0.05) is 5.69 Å². The lowest BCUT2D eigenvalue weighted by Crippen LogP contribution is -2.15. The van der Waals surface area contributed by atoms with Gasteiger partial charge in [0.2, 0.25) is 0 Å². The number of hydrogen-bond donors (Lipinski definition) is 1. The maximum atomic E-state index is 9.95. The molecular formula is C19H29NO2. The van der Waals surface area contributed by atoms with Crippen LogP contribution in [-0.4, -0.2) is 10.1 Å². The van der Waals surface area contributed by atoms with Crippen LogP contribution in [0.25, 0.3) is 0 Å². The van der Waals surface area contributed by atoms with Crippen molar-refractivity contribution in [2.24, 2.45) is 0 Å². The number of ether oxygens (including phenoxy) is 1. The average Bonchev–Trinajstić information content (AvgIpc) is 2.53. The molecule has 0 fully saturated rings. The van der Waals surface area contributed by atoms with Crippen molar-refractivity contribution in [3.8, 4) is 11.5 Å². The first-order chi connectivity index (χ1) is 10.4. The van der Waals surface area contributed by atoms with E-state index >= 15 is 0 Å². The largest absolute Gasteiger partial charge is 0.456 e. The molecule has 0 unspecified atom stereocenters. The van der Waals surface area contributed by atoms with Gasteiger partial charge < -0.3 is 9.84 Å². The molecule has 0 aliphatic carbocycles. The van der Waals surface area contributed by atoms with Gasteiger partial charge >= 0.3 is 0 Å². The summed E-state index contributed by atoms with van der Waals surface area (Å²) in [4.78, 5) is 4.17. The zero-order valence-electron chi connectivity index (χ0n) is 14.8. The van der Waals surface area contributed by atoms with Crippen LogP contribution in [-0.2, 0) is 5.60 Å². The van der Waals surface area contributed by atoms with Gasteiger partial charge in [-0.05, 0) is 50.6 Å². The van der Waals surface area contributed by atoms with Crippen molar-refractivity contribution in [1.82, 2.24) is 4.98 Å². The minimum atomic E-state index is -0.870. The maximum absolute atomic E-state index is 9.95. The fourth-order valence-corrected chi connectivity index (χ4v) is 1.59. The molecule has 122 valence electrons. The monoisotopic (exact) mass is 303 g/mol. The fourth-order valence-electron chi connectivity index (χ4n) is 1.59. The highest BCUT2D eigenvalue weighted by Crippen LogP contribution is 2.26. The Kier molecular flexibility index (Phi) is 9.11. The summed E-state index contributed by atoms with van der Waals surface area (Å²) in [6.45, 7) is 13.4. The van der Waals surface area contributed by atoms with Gasteiger partial charge in [-0.3, -0.25) is 4.98 Å². The Morgan fingerprint density at radius 2 is 1.59 bits per heavy atom. The lowest BCUT2D eigenvalue weighted by atomic mass is 9.98. The quantitative estimate of drug-likeness (QED) is 0.818. The van der Waals surface area contributed by atoms with E-state index in [2.05, 4.69) is 4.98 Å². The van der Waals surface area contributed by atoms with Crippen molar-refractivity contribution in [3.05, 3.63) is 53.9 Å². The molecule has 2 aromatic rings. The number of aliphatic hydroxyl groups is 1. The van der Waals surface area contributed by atoms with Crippen molar-refractivity contribution >= 4 is 0 Å². The molecule has 0 aliphatic rings. The maximum Gasteiger partial charge on any atom is 0.145 e. The first-order valence-corrected chi connectivity index (χ1v) is 7.88. The van der Waals surface area contributed by atoms with Crippen LogP contribution < -0.4 is 4.74 Å². The van der Waals surface area contributed by atoms with Gasteiger partial charge in [0.05, 0.1) is 11.8 Å². The van der Waals surface area contributed by atoms with Gasteiger partial charge in [0.25, 0.3) is 0 Å². The van der Waals surface area contributed by atoms with E-state index in [1.165, 1.54) is 0 Å². The van der Waals surface area contributed by atoms with E-state index in [-0.39, 0.29) is 0 Å². The molecule has 1 N–H and O–H groups in total. The number of aryl methyl sites for hydroxylation is 1. The molecule has 0 aliphatic heterocycles. The third kappa shape index (κ3) is 6.72. The van der Waals surface area contributed by atoms with Crippen LogP contribution in [0.3, 0.4) is 0 Å². The van der Waals surface area contributed by atoms with Crippen molar-refractivity contribution in [2.45, 2.75) is 54.1 Å². The summed E-state index contributed by atoms with van der Waals surface area (Å²) in [7, 11) is 0. The Morgan fingerprint density at radius 3 is 2.09 bits per heavy atom. The Bertz CT molecular complexity index is 528. The first-order valence-electron chi connectivity index (χ1n) is 7.88. The Balaban J connectivity index is 0.00000102. The second kappa shape index (κ2) is 9.96. The van der Waals surface area contributed by atoms with Crippen molar-refractivity contribution in [3.63, 3.8) is 0 Å². The molecule has 0 bridgehead atoms. The minimum absolute atomic E-state index is 0.688. The fraction of sp³-hybridized carbons (Fsp3) is 0.421. The zero-order chi connectivity index (χ0) is 17.2. The van der Waals surface area contributed by atoms with Crippen molar-refractivity contribution in [2.75, 3.05) is 0 Å². The summed E-state index contributed by atoms with van der Waals surface area (Å²) in [6, 6.07) is 11.2. The van der Waals surface area contributed by atoms with Crippen LogP contribution in [0.5, 0.6) is 11.5 Å². The minimum Gasteiger partial charge on any atom is -0.456 e. The number of hydrogen-bond acceptors (Lipinski definition) is 3. The topological polar surface area (TPSA) is 42.4 Å². The molecule has 0 radical (unpaired) electrons. The number of aromatic nitrogens is 1. The molecular weight excluding hydrogens is 274 g/mol. The third-order valence-electron chi connectivity index (χ3n) is 2.66. The molecule has 0 spiro atoms. The average molecular weight is 303 g/mol. The molecule has 1 heterocycles. The summed E-state index contributed by atoms with van der Waals surface area (Å²) in [5.41, 5.74) is 0.901. The van der Waals surface area contributed by atoms with E-state index in [1.54, 1.807) is 20.0 Å². The predicted molar refractivity (Wildman–Crippen MR) is 93.4 cm³/mol. The van der Waals surface area contributed by atoms with Crippen LogP contribution in [0, 0.1) is 6.92 Å². The molecule has 0 saturated heterocycles. The molecule has 2 rings (SSSR count). The van der Waals surface area contributed by atoms with Gasteiger partial charge in [-0.15, -0.1) is 0 Å². The summed E-state index contributed by atoms with van der Waals surface area (Å²) >= 11 is 0. The van der Waals surface area contributed by atoms with Crippen molar-refractivity contribution in [1.29, 1.82) is 0 Å². The summed E-state index contributed by atoms with van der Waals surface area (Å²) < 4.78 is 5.70. The molecule has 0 saturated carbocycles. The third-order valence-corrected chi connectivity index (χ3v) is 2.66. The molecule has 1 aromatic carbocycles. The van der Waals surface area contributed by atoms with E-state index in [9.17, 15) is 5.11 Å². The van der Waals surface area contributed by atoms with Gasteiger partial charge in [0.1, 0.15) is 11.5 Å². The van der Waals surface area contributed by atoms with Gasteiger partial charge in [-0.25, -0.2) is 0 Å². The highest BCUT2D eigenvalue weighted by atomic mass is 16.5. The normalized spacial score (nSPS) is 9.82. The molecule has 22 heavy (non-hydrogen) atoms. The predicted octanol–water partition coefficient (Wildman–Crippen LogP) is 5.46. The Morgan fingerprint density at radius 1 is 0.955 bits per heavy atom. The Labute approximate surface area is 135 Å². The van der Waals surface area contributed by atoms with Crippen LogP contribution in [0.4, 0.5) is 0 Å². The van der Waals surface area contributed by atoms with Crippen LogP contribution >= 0.6 is 0 Å². The smallest absolute Gasteiger partial charge is 0.145 e. The summed E-state index contributed by atoms with van der Waals surface area (Å²) in [5, 5.41) is 9.95. The lowest BCUT2D eigenvalue weighted by Gasteiger charge is -2.18. The SMILES string of the molecule is CC.CC.Cc1ccc(Oc2cccc(C(C)(C)O)c2)cn1. The molecule has 3 nitrogen and oxygen atoms in total. The van der Waals surface area contributed by atoms with Gasteiger partial charge in [-0.1, -0.05) is 39.8 Å². The lowest BCUT2D eigenvalue weighted by molar-refractivity contribution is 0.0784. The molecule has 0 amide bonds. The number of nitrogens with zero attached hydrogens (tertiary/aromatic N) is 1. The van der Waals surface area contributed by atoms with E-state index < -0.39 is 5.60 Å². The van der Waals surface area contributed by atoms with Crippen LogP contribution in [0.2, 0.25) is 0 Å².